The third-order valence-electron chi connectivity index (χ3n) is 1.92. The summed E-state index contributed by atoms with van der Waals surface area (Å²) in [6, 6.07) is 7.55. The van der Waals surface area contributed by atoms with Crippen LogP contribution in [0.3, 0.4) is 0 Å². The molecule has 0 bridgehead atoms. The molecular weight excluding hydrogens is 208 g/mol. The van der Waals surface area contributed by atoms with Gasteiger partial charge >= 0.3 is 0 Å². The fourth-order valence-electron chi connectivity index (χ4n) is 1.19. The van der Waals surface area contributed by atoms with Gasteiger partial charge in [0, 0.05) is 12.3 Å². The number of rotatable bonds is 2. The monoisotopic (exact) mass is 216 g/mol. The van der Waals surface area contributed by atoms with Gasteiger partial charge in [-0.05, 0) is 18.2 Å². The van der Waals surface area contributed by atoms with E-state index >= 15 is 0 Å². The molecule has 6 heteroatoms. The lowest BCUT2D eigenvalue weighted by molar-refractivity contribution is 0.0994. The number of hydrogen-bond acceptors (Lipinski definition) is 4. The van der Waals surface area contributed by atoms with Gasteiger partial charge in [-0.25, -0.2) is 4.98 Å². The van der Waals surface area contributed by atoms with Crippen molar-refractivity contribution in [2.75, 3.05) is 0 Å². The van der Waals surface area contributed by atoms with Gasteiger partial charge in [0.1, 0.15) is 5.69 Å². The molecule has 0 unspecified atom stereocenters. The molecule has 6 nitrogen and oxygen atoms in total. The summed E-state index contributed by atoms with van der Waals surface area (Å²) < 4.78 is 1.03. The van der Waals surface area contributed by atoms with Gasteiger partial charge < -0.3 is 5.73 Å². The fourth-order valence-corrected chi connectivity index (χ4v) is 1.19. The molecular formula is C10H8N4O2. The summed E-state index contributed by atoms with van der Waals surface area (Å²) in [5, 5.41) is 3.81. The maximum Gasteiger partial charge on any atom is 0.272 e. The van der Waals surface area contributed by atoms with E-state index in [1.165, 1.54) is 18.3 Å². The molecule has 2 heterocycles. The van der Waals surface area contributed by atoms with Crippen molar-refractivity contribution >= 4 is 5.91 Å². The average Bonchev–Trinajstić information content (AvgIpc) is 2.30. The quantitative estimate of drug-likeness (QED) is 0.747. The molecule has 0 aliphatic carbocycles. The number of nitrogens with zero attached hydrogens (tertiary/aromatic N) is 3. The largest absolute Gasteiger partial charge is 0.364 e. The van der Waals surface area contributed by atoms with Crippen LogP contribution >= 0.6 is 0 Å². The Balaban J connectivity index is 2.61. The first-order chi connectivity index (χ1) is 7.68. The SMILES string of the molecule is NC(=O)c1ccc(=O)n(-c2ccccn2)n1. The summed E-state index contributed by atoms with van der Waals surface area (Å²) in [5.74, 6) is -0.347. The molecule has 16 heavy (non-hydrogen) atoms. The number of hydrogen-bond donors (Lipinski definition) is 1. The van der Waals surface area contributed by atoms with Crippen molar-refractivity contribution in [3.8, 4) is 5.82 Å². The number of carbonyl (C=O) groups is 1. The maximum absolute atomic E-state index is 11.5. The molecule has 0 radical (unpaired) electrons. The minimum absolute atomic E-state index is 0.0188. The van der Waals surface area contributed by atoms with Gasteiger partial charge in [-0.1, -0.05) is 6.07 Å². The van der Waals surface area contributed by atoms with Crippen LogP contribution < -0.4 is 11.3 Å². The van der Waals surface area contributed by atoms with Crippen molar-refractivity contribution in [1.29, 1.82) is 0 Å². The molecule has 2 aromatic rings. The Kier molecular flexibility index (Phi) is 2.47. The minimum atomic E-state index is -0.690. The Morgan fingerprint density at radius 3 is 2.69 bits per heavy atom. The fraction of sp³-hybridized carbons (Fsp3) is 0. The molecule has 0 spiro atoms. The summed E-state index contributed by atoms with van der Waals surface area (Å²) >= 11 is 0. The molecule has 0 atom stereocenters. The third kappa shape index (κ3) is 1.81. The van der Waals surface area contributed by atoms with E-state index in [9.17, 15) is 9.59 Å². The van der Waals surface area contributed by atoms with Gasteiger partial charge in [-0.3, -0.25) is 9.59 Å². The van der Waals surface area contributed by atoms with Crippen LogP contribution in [0.25, 0.3) is 5.82 Å². The molecule has 0 aliphatic rings. The van der Waals surface area contributed by atoms with Crippen LogP contribution in [-0.4, -0.2) is 20.7 Å². The molecule has 2 aromatic heterocycles. The second-order valence-electron chi connectivity index (χ2n) is 3.02. The lowest BCUT2D eigenvalue weighted by atomic mass is 10.4. The number of amides is 1. The van der Waals surface area contributed by atoms with Gasteiger partial charge in [-0.15, -0.1) is 0 Å². The second-order valence-corrected chi connectivity index (χ2v) is 3.02. The van der Waals surface area contributed by atoms with Crippen molar-refractivity contribution in [1.82, 2.24) is 14.8 Å². The van der Waals surface area contributed by atoms with Gasteiger partial charge in [-0.2, -0.15) is 9.78 Å². The molecule has 0 saturated carbocycles. The van der Waals surface area contributed by atoms with E-state index in [1.54, 1.807) is 18.2 Å². The highest BCUT2D eigenvalue weighted by molar-refractivity contribution is 5.90. The first kappa shape index (κ1) is 10.0. The molecule has 2 rings (SSSR count). The molecule has 0 fully saturated rings. The Bertz CT molecular complexity index is 577. The lowest BCUT2D eigenvalue weighted by Crippen LogP contribution is -2.25. The normalized spacial score (nSPS) is 10.0. The van der Waals surface area contributed by atoms with Crippen LogP contribution in [0, 0.1) is 0 Å². The second kappa shape index (κ2) is 3.93. The van der Waals surface area contributed by atoms with Crippen LogP contribution in [0.1, 0.15) is 10.5 Å². The zero-order chi connectivity index (χ0) is 11.5. The van der Waals surface area contributed by atoms with E-state index in [0.717, 1.165) is 4.68 Å². The summed E-state index contributed by atoms with van der Waals surface area (Å²) in [5.41, 5.74) is 4.72. The van der Waals surface area contributed by atoms with E-state index in [-0.39, 0.29) is 11.3 Å². The summed E-state index contributed by atoms with van der Waals surface area (Å²) in [4.78, 5) is 26.4. The number of carbonyl (C=O) groups excluding carboxylic acids is 1. The van der Waals surface area contributed by atoms with Gasteiger partial charge in [0.25, 0.3) is 11.5 Å². The van der Waals surface area contributed by atoms with Gasteiger partial charge in [0.05, 0.1) is 0 Å². The van der Waals surface area contributed by atoms with Crippen LogP contribution in [0.15, 0.2) is 41.3 Å². The predicted molar refractivity (Wildman–Crippen MR) is 56.1 cm³/mol. The zero-order valence-electron chi connectivity index (χ0n) is 8.20. The minimum Gasteiger partial charge on any atom is -0.364 e. The van der Waals surface area contributed by atoms with E-state index in [2.05, 4.69) is 10.1 Å². The van der Waals surface area contributed by atoms with E-state index in [1.807, 2.05) is 0 Å². The van der Waals surface area contributed by atoms with Gasteiger partial charge in [0.15, 0.2) is 5.82 Å². The van der Waals surface area contributed by atoms with Crippen LogP contribution in [0.5, 0.6) is 0 Å². The highest BCUT2D eigenvalue weighted by Gasteiger charge is 2.07. The van der Waals surface area contributed by atoms with Crippen LogP contribution in [0.4, 0.5) is 0 Å². The molecule has 0 aliphatic heterocycles. The number of primary amides is 1. The standard InChI is InChI=1S/C10H8N4O2/c11-10(16)7-4-5-9(15)14(13-7)8-3-1-2-6-12-8/h1-6H,(H2,11,16). The Morgan fingerprint density at radius 1 is 1.25 bits per heavy atom. The molecule has 1 amide bonds. The van der Waals surface area contributed by atoms with Crippen LogP contribution in [0.2, 0.25) is 0 Å². The number of nitrogens with two attached hydrogens (primary N) is 1. The predicted octanol–water partition coefficient (Wildman–Crippen LogP) is -0.274. The van der Waals surface area contributed by atoms with Crippen molar-refractivity contribution in [2.24, 2.45) is 5.73 Å². The highest BCUT2D eigenvalue weighted by atomic mass is 16.1. The van der Waals surface area contributed by atoms with Crippen molar-refractivity contribution in [3.63, 3.8) is 0 Å². The third-order valence-corrected chi connectivity index (χ3v) is 1.92. The Hall–Kier alpha value is -2.50. The Labute approximate surface area is 90.4 Å². The topological polar surface area (TPSA) is 90.9 Å². The molecule has 80 valence electrons. The van der Waals surface area contributed by atoms with E-state index in [0.29, 0.717) is 5.82 Å². The van der Waals surface area contributed by atoms with E-state index < -0.39 is 5.91 Å². The van der Waals surface area contributed by atoms with Crippen molar-refractivity contribution < 1.29 is 4.79 Å². The lowest BCUT2D eigenvalue weighted by Gasteiger charge is -2.03. The summed E-state index contributed by atoms with van der Waals surface area (Å²) in [7, 11) is 0. The smallest absolute Gasteiger partial charge is 0.272 e. The van der Waals surface area contributed by atoms with Crippen molar-refractivity contribution in [3.05, 3.63) is 52.6 Å². The summed E-state index contributed by atoms with van der Waals surface area (Å²) in [6.45, 7) is 0. The molecule has 0 saturated heterocycles. The van der Waals surface area contributed by atoms with Crippen molar-refractivity contribution in [2.45, 2.75) is 0 Å². The molecule has 0 aromatic carbocycles. The number of aromatic nitrogens is 3. The first-order valence-corrected chi connectivity index (χ1v) is 4.50. The zero-order valence-corrected chi connectivity index (χ0v) is 8.20. The van der Waals surface area contributed by atoms with E-state index in [4.69, 9.17) is 5.73 Å². The first-order valence-electron chi connectivity index (χ1n) is 4.50. The molecule has 2 N–H and O–H groups in total. The van der Waals surface area contributed by atoms with Gasteiger partial charge in [0.2, 0.25) is 0 Å². The Morgan fingerprint density at radius 2 is 2.06 bits per heavy atom. The average molecular weight is 216 g/mol. The van der Waals surface area contributed by atoms with Crippen LogP contribution in [-0.2, 0) is 0 Å². The summed E-state index contributed by atoms with van der Waals surface area (Å²) in [6.07, 6.45) is 1.53. The maximum atomic E-state index is 11.5. The highest BCUT2D eigenvalue weighted by Crippen LogP contribution is 1.98. The number of pyridine rings is 1.